The molecule has 3 amide bonds. The number of fused-ring (bicyclic) bond motifs is 1. The molecule has 0 radical (unpaired) electrons. The predicted molar refractivity (Wildman–Crippen MR) is 94.9 cm³/mol. The van der Waals surface area contributed by atoms with Gasteiger partial charge in [-0.25, -0.2) is 4.79 Å². The van der Waals surface area contributed by atoms with E-state index in [4.69, 9.17) is 0 Å². The van der Waals surface area contributed by atoms with E-state index in [0.717, 1.165) is 29.6 Å². The fourth-order valence-corrected chi connectivity index (χ4v) is 3.95. The number of likely N-dealkylation sites (tertiary alicyclic amines) is 1. The lowest BCUT2D eigenvalue weighted by Crippen LogP contribution is -2.49. The molecular formula is C19H22N4O2. The molecule has 2 saturated heterocycles. The number of nitrogens with one attached hydrogen (secondary N) is 1. The third kappa shape index (κ3) is 2.57. The van der Waals surface area contributed by atoms with Gasteiger partial charge >= 0.3 is 6.03 Å². The number of rotatable bonds is 3. The van der Waals surface area contributed by atoms with Gasteiger partial charge < -0.3 is 5.32 Å². The number of benzene rings is 1. The van der Waals surface area contributed by atoms with Gasteiger partial charge in [0.2, 0.25) is 0 Å². The van der Waals surface area contributed by atoms with Crippen LogP contribution in [-0.4, -0.2) is 51.4 Å². The number of hydrogen-bond acceptors (Lipinski definition) is 4. The summed E-state index contributed by atoms with van der Waals surface area (Å²) in [6.45, 7) is 5.78. The van der Waals surface area contributed by atoms with Crippen LogP contribution in [0.2, 0.25) is 0 Å². The summed E-state index contributed by atoms with van der Waals surface area (Å²) < 4.78 is 0. The Morgan fingerprint density at radius 2 is 2.04 bits per heavy atom. The van der Waals surface area contributed by atoms with Gasteiger partial charge in [-0.3, -0.25) is 19.6 Å². The van der Waals surface area contributed by atoms with Crippen LogP contribution >= 0.6 is 0 Å². The maximum absolute atomic E-state index is 12.8. The normalized spacial score (nSPS) is 24.0. The van der Waals surface area contributed by atoms with Crippen LogP contribution in [0.25, 0.3) is 10.9 Å². The molecule has 4 rings (SSSR count). The second-order valence-electron chi connectivity index (χ2n) is 7.23. The highest BCUT2D eigenvalue weighted by atomic mass is 16.2. The number of imide groups is 1. The maximum atomic E-state index is 12.8. The molecule has 1 unspecified atom stereocenters. The molecule has 1 spiro atoms. The summed E-state index contributed by atoms with van der Waals surface area (Å²) in [5, 5.41) is 4.06. The first-order chi connectivity index (χ1) is 12.0. The van der Waals surface area contributed by atoms with E-state index < -0.39 is 5.54 Å². The van der Waals surface area contributed by atoms with Crippen LogP contribution < -0.4 is 5.32 Å². The molecule has 1 aromatic heterocycles. The molecule has 2 fully saturated rings. The zero-order chi connectivity index (χ0) is 17.6. The Kier molecular flexibility index (Phi) is 3.72. The molecule has 0 aliphatic carbocycles. The SMILES string of the molecule is CC(C)N1C(=O)NC2(CCN(Cc3cccc4cccnc34)C2)C1=O. The van der Waals surface area contributed by atoms with Crippen molar-refractivity contribution in [1.82, 2.24) is 20.1 Å². The lowest BCUT2D eigenvalue weighted by molar-refractivity contribution is -0.132. The van der Waals surface area contributed by atoms with Gasteiger partial charge in [0.05, 0.1) is 5.52 Å². The summed E-state index contributed by atoms with van der Waals surface area (Å²) in [6.07, 6.45) is 2.46. The second kappa shape index (κ2) is 5.81. The summed E-state index contributed by atoms with van der Waals surface area (Å²) >= 11 is 0. The fourth-order valence-electron chi connectivity index (χ4n) is 3.95. The molecule has 2 aliphatic heterocycles. The van der Waals surface area contributed by atoms with Gasteiger partial charge in [0.1, 0.15) is 5.54 Å². The van der Waals surface area contributed by atoms with Crippen LogP contribution in [0.4, 0.5) is 4.79 Å². The first kappa shape index (κ1) is 16.0. The number of urea groups is 1. The first-order valence-corrected chi connectivity index (χ1v) is 8.71. The van der Waals surface area contributed by atoms with Gasteiger partial charge in [-0.05, 0) is 31.9 Å². The summed E-state index contributed by atoms with van der Waals surface area (Å²) in [4.78, 5) is 33.1. The van der Waals surface area contributed by atoms with E-state index in [2.05, 4.69) is 33.4 Å². The highest BCUT2D eigenvalue weighted by molar-refractivity contribution is 6.07. The smallest absolute Gasteiger partial charge is 0.322 e. The Morgan fingerprint density at radius 3 is 2.80 bits per heavy atom. The van der Waals surface area contributed by atoms with Crippen molar-refractivity contribution in [3.8, 4) is 0 Å². The highest BCUT2D eigenvalue weighted by Gasteiger charge is 2.55. The lowest BCUT2D eigenvalue weighted by Gasteiger charge is -2.23. The quantitative estimate of drug-likeness (QED) is 0.871. The molecule has 6 heteroatoms. The standard InChI is InChI=1S/C19H22N4O2/c1-13(2)23-17(24)19(21-18(23)25)8-10-22(12-19)11-15-6-3-5-14-7-4-9-20-16(14)15/h3-7,9,13H,8,10-12H2,1-2H3,(H,21,25). The largest absolute Gasteiger partial charge is 0.325 e. The lowest BCUT2D eigenvalue weighted by atomic mass is 9.98. The van der Waals surface area contributed by atoms with E-state index in [9.17, 15) is 9.59 Å². The van der Waals surface area contributed by atoms with Gasteiger partial charge in [0.15, 0.2) is 0 Å². The molecule has 1 aromatic carbocycles. The van der Waals surface area contributed by atoms with Gasteiger partial charge in [-0.2, -0.15) is 0 Å². The van der Waals surface area contributed by atoms with Crippen LogP contribution in [0.3, 0.4) is 0 Å². The number of pyridine rings is 1. The zero-order valence-corrected chi connectivity index (χ0v) is 14.5. The van der Waals surface area contributed by atoms with E-state index in [1.165, 1.54) is 4.90 Å². The third-order valence-corrected chi connectivity index (χ3v) is 5.17. The van der Waals surface area contributed by atoms with Crippen LogP contribution in [0, 0.1) is 0 Å². The topological polar surface area (TPSA) is 65.5 Å². The number of hydrogen-bond donors (Lipinski definition) is 1. The minimum absolute atomic E-state index is 0.0916. The van der Waals surface area contributed by atoms with E-state index in [1.807, 2.05) is 26.0 Å². The van der Waals surface area contributed by atoms with Crippen molar-refractivity contribution in [3.63, 3.8) is 0 Å². The zero-order valence-electron chi connectivity index (χ0n) is 14.5. The van der Waals surface area contributed by atoms with Crippen LogP contribution in [0.1, 0.15) is 25.8 Å². The average molecular weight is 338 g/mol. The van der Waals surface area contributed by atoms with Crippen molar-refractivity contribution in [2.45, 2.75) is 38.4 Å². The Morgan fingerprint density at radius 1 is 1.24 bits per heavy atom. The van der Waals surface area contributed by atoms with Crippen molar-refractivity contribution >= 4 is 22.8 Å². The van der Waals surface area contributed by atoms with Gasteiger partial charge in [0.25, 0.3) is 5.91 Å². The first-order valence-electron chi connectivity index (χ1n) is 8.71. The van der Waals surface area contributed by atoms with Gasteiger partial charge in [-0.15, -0.1) is 0 Å². The summed E-state index contributed by atoms with van der Waals surface area (Å²) in [5.74, 6) is -0.0916. The molecule has 0 bridgehead atoms. The molecule has 2 aromatic rings. The van der Waals surface area contributed by atoms with E-state index >= 15 is 0 Å². The van der Waals surface area contributed by atoms with Crippen molar-refractivity contribution in [3.05, 3.63) is 42.1 Å². The molecule has 130 valence electrons. The predicted octanol–water partition coefficient (Wildman–Crippen LogP) is 2.14. The number of carbonyl (C=O) groups excluding carboxylic acids is 2. The maximum Gasteiger partial charge on any atom is 0.325 e. The second-order valence-corrected chi connectivity index (χ2v) is 7.23. The molecule has 3 heterocycles. The molecule has 1 atom stereocenters. The van der Waals surface area contributed by atoms with Crippen molar-refractivity contribution in [1.29, 1.82) is 0 Å². The fraction of sp³-hybridized carbons (Fsp3) is 0.421. The van der Waals surface area contributed by atoms with Crippen molar-refractivity contribution in [2.75, 3.05) is 13.1 Å². The molecule has 1 N–H and O–H groups in total. The number of amides is 3. The monoisotopic (exact) mass is 338 g/mol. The van der Waals surface area contributed by atoms with E-state index in [-0.39, 0.29) is 18.0 Å². The number of nitrogens with zero attached hydrogens (tertiary/aromatic N) is 3. The minimum atomic E-state index is -0.765. The molecular weight excluding hydrogens is 316 g/mol. The Labute approximate surface area is 146 Å². The Hall–Kier alpha value is -2.47. The van der Waals surface area contributed by atoms with Crippen LogP contribution in [0.15, 0.2) is 36.5 Å². The minimum Gasteiger partial charge on any atom is -0.322 e. The molecule has 0 saturated carbocycles. The number of aromatic nitrogens is 1. The summed E-state index contributed by atoms with van der Waals surface area (Å²) in [5.41, 5.74) is 1.38. The van der Waals surface area contributed by atoms with E-state index in [0.29, 0.717) is 13.0 Å². The summed E-state index contributed by atoms with van der Waals surface area (Å²) in [7, 11) is 0. The van der Waals surface area contributed by atoms with Crippen molar-refractivity contribution in [2.24, 2.45) is 0 Å². The molecule has 6 nitrogen and oxygen atoms in total. The Balaban J connectivity index is 1.55. The number of para-hydroxylation sites is 1. The molecule has 25 heavy (non-hydrogen) atoms. The molecule has 2 aliphatic rings. The Bertz CT molecular complexity index is 845. The number of carbonyl (C=O) groups is 2. The van der Waals surface area contributed by atoms with Crippen molar-refractivity contribution < 1.29 is 9.59 Å². The van der Waals surface area contributed by atoms with E-state index in [1.54, 1.807) is 6.20 Å². The van der Waals surface area contributed by atoms with Crippen LogP contribution in [-0.2, 0) is 11.3 Å². The van der Waals surface area contributed by atoms with Crippen LogP contribution in [0.5, 0.6) is 0 Å². The third-order valence-electron chi connectivity index (χ3n) is 5.17. The average Bonchev–Trinajstić information content (AvgIpc) is 3.09. The summed E-state index contributed by atoms with van der Waals surface area (Å²) in [6, 6.07) is 9.77. The van der Waals surface area contributed by atoms with Gasteiger partial charge in [-0.1, -0.05) is 24.3 Å². The van der Waals surface area contributed by atoms with Gasteiger partial charge in [0, 0.05) is 37.3 Å². The highest BCUT2D eigenvalue weighted by Crippen LogP contribution is 2.31.